The van der Waals surface area contributed by atoms with E-state index in [0.29, 0.717) is 5.92 Å². The summed E-state index contributed by atoms with van der Waals surface area (Å²) in [4.78, 5) is 0. The largest absolute Gasteiger partial charge is 0.455 e. The van der Waals surface area contributed by atoms with E-state index in [1.54, 1.807) is 0 Å². The second kappa shape index (κ2) is 5.57. The third-order valence-electron chi connectivity index (χ3n) is 6.81. The zero-order valence-electron chi connectivity index (χ0n) is 18.6. The van der Waals surface area contributed by atoms with Crippen LogP contribution in [-0.4, -0.2) is 4.40 Å². The first kappa shape index (κ1) is 17.8. The molecule has 0 atom stereocenters. The van der Waals surface area contributed by atoms with Crippen molar-refractivity contribution in [2.75, 3.05) is 0 Å². The van der Waals surface area contributed by atoms with Crippen molar-refractivity contribution in [3.05, 3.63) is 65.4 Å². The minimum absolute atomic E-state index is 0.106. The highest BCUT2D eigenvalue weighted by Gasteiger charge is 2.25. The van der Waals surface area contributed by atoms with Gasteiger partial charge in [0.25, 0.3) is 0 Å². The number of nitrogens with zero attached hydrogens (tertiary/aromatic N) is 1. The Hall–Kier alpha value is -3.00. The van der Waals surface area contributed by atoms with Gasteiger partial charge in [0, 0.05) is 27.2 Å². The smallest absolute Gasteiger partial charge is 0.145 e. The van der Waals surface area contributed by atoms with Gasteiger partial charge in [-0.3, -0.25) is 0 Å². The zero-order valence-corrected chi connectivity index (χ0v) is 18.6. The molecule has 0 fully saturated rings. The van der Waals surface area contributed by atoms with E-state index in [0.717, 1.165) is 11.2 Å². The lowest BCUT2D eigenvalue weighted by atomic mass is 9.86. The number of para-hydroxylation sites is 1. The molecule has 2 nitrogen and oxygen atoms in total. The molecule has 6 rings (SSSR count). The van der Waals surface area contributed by atoms with Gasteiger partial charge in [-0.2, -0.15) is 0 Å². The summed E-state index contributed by atoms with van der Waals surface area (Å²) in [5.74, 6) is 0.451. The van der Waals surface area contributed by atoms with Gasteiger partial charge in [0.15, 0.2) is 0 Å². The molecule has 0 spiro atoms. The van der Waals surface area contributed by atoms with Crippen LogP contribution in [-0.2, 0) is 5.41 Å². The van der Waals surface area contributed by atoms with Crippen LogP contribution in [0.4, 0.5) is 0 Å². The molecule has 3 aromatic heterocycles. The lowest BCUT2D eigenvalue weighted by Gasteiger charge is -2.18. The third kappa shape index (κ3) is 2.09. The van der Waals surface area contributed by atoms with Crippen molar-refractivity contribution >= 4 is 49.1 Å². The van der Waals surface area contributed by atoms with E-state index >= 15 is 0 Å². The monoisotopic (exact) mass is 393 g/mol. The molecule has 0 saturated heterocycles. The number of aromatic nitrogens is 1. The molecule has 150 valence electrons. The van der Waals surface area contributed by atoms with E-state index in [1.807, 2.05) is 0 Å². The van der Waals surface area contributed by atoms with Gasteiger partial charge >= 0.3 is 0 Å². The summed E-state index contributed by atoms with van der Waals surface area (Å²) in [6.07, 6.45) is 0. The van der Waals surface area contributed by atoms with Crippen LogP contribution in [0.3, 0.4) is 0 Å². The SMILES string of the molecule is Cc1c(C(C)C)n2c3ccccc3c3c4oc5ccc(C(C)(C)C)cc5c4cc1c32. The van der Waals surface area contributed by atoms with Gasteiger partial charge in [0.1, 0.15) is 11.2 Å². The van der Waals surface area contributed by atoms with Crippen LogP contribution >= 0.6 is 0 Å². The van der Waals surface area contributed by atoms with Crippen molar-refractivity contribution in [2.24, 2.45) is 0 Å². The fourth-order valence-electron chi connectivity index (χ4n) is 5.38. The number of fused-ring (bicyclic) bond motifs is 7. The van der Waals surface area contributed by atoms with Gasteiger partial charge in [-0.05, 0) is 53.6 Å². The molecular formula is C28H27NO. The molecule has 2 heteroatoms. The highest BCUT2D eigenvalue weighted by molar-refractivity contribution is 6.28. The van der Waals surface area contributed by atoms with Gasteiger partial charge in [-0.1, -0.05) is 58.9 Å². The summed E-state index contributed by atoms with van der Waals surface area (Å²) < 4.78 is 9.02. The molecule has 3 heterocycles. The molecule has 30 heavy (non-hydrogen) atoms. The average molecular weight is 394 g/mol. The number of benzene rings is 3. The third-order valence-corrected chi connectivity index (χ3v) is 6.81. The predicted octanol–water partition coefficient (Wildman–Crippen LogP) is 8.31. The van der Waals surface area contributed by atoms with Gasteiger partial charge < -0.3 is 8.82 Å². The van der Waals surface area contributed by atoms with E-state index in [9.17, 15) is 0 Å². The predicted molar refractivity (Wildman–Crippen MR) is 128 cm³/mol. The average Bonchev–Trinajstić information content (AvgIpc) is 3.31. The Labute approximate surface area is 176 Å². The molecule has 0 bridgehead atoms. The highest BCUT2D eigenvalue weighted by atomic mass is 16.3. The van der Waals surface area contributed by atoms with Gasteiger partial charge in [-0.25, -0.2) is 0 Å². The van der Waals surface area contributed by atoms with E-state index in [-0.39, 0.29) is 5.41 Å². The van der Waals surface area contributed by atoms with Crippen LogP contribution in [0.5, 0.6) is 0 Å². The number of furan rings is 1. The van der Waals surface area contributed by atoms with E-state index in [1.165, 1.54) is 54.8 Å². The van der Waals surface area contributed by atoms with Crippen LogP contribution in [0.25, 0.3) is 49.1 Å². The van der Waals surface area contributed by atoms with Crippen molar-refractivity contribution in [2.45, 2.75) is 52.9 Å². The number of aryl methyl sites for hydroxylation is 1. The Morgan fingerprint density at radius 3 is 2.37 bits per heavy atom. The summed E-state index contributed by atoms with van der Waals surface area (Å²) in [6, 6.07) is 17.8. The fraction of sp³-hybridized carbons (Fsp3) is 0.286. The second-order valence-electron chi connectivity index (χ2n) is 10.1. The quantitative estimate of drug-likeness (QED) is 0.274. The van der Waals surface area contributed by atoms with E-state index < -0.39 is 0 Å². The van der Waals surface area contributed by atoms with Crippen LogP contribution in [0.2, 0.25) is 0 Å². The minimum atomic E-state index is 0.106. The van der Waals surface area contributed by atoms with E-state index in [4.69, 9.17) is 4.42 Å². The summed E-state index contributed by atoms with van der Waals surface area (Å²) in [5, 5.41) is 6.33. The van der Waals surface area contributed by atoms with Crippen molar-refractivity contribution in [3.8, 4) is 0 Å². The molecule has 0 amide bonds. The Morgan fingerprint density at radius 1 is 0.867 bits per heavy atom. The van der Waals surface area contributed by atoms with Crippen LogP contribution in [0.1, 0.15) is 57.4 Å². The summed E-state index contributed by atoms with van der Waals surface area (Å²) in [5.41, 5.74) is 8.81. The Morgan fingerprint density at radius 2 is 1.63 bits per heavy atom. The minimum Gasteiger partial charge on any atom is -0.455 e. The van der Waals surface area contributed by atoms with Crippen LogP contribution < -0.4 is 0 Å². The molecule has 0 aliphatic heterocycles. The molecule has 0 radical (unpaired) electrons. The second-order valence-corrected chi connectivity index (χ2v) is 10.1. The van der Waals surface area contributed by atoms with Gasteiger partial charge in [0.2, 0.25) is 0 Å². The Balaban J connectivity index is 1.91. The molecule has 0 saturated carbocycles. The van der Waals surface area contributed by atoms with Gasteiger partial charge in [-0.15, -0.1) is 0 Å². The van der Waals surface area contributed by atoms with E-state index in [2.05, 4.69) is 94.5 Å². The first-order valence-corrected chi connectivity index (χ1v) is 10.9. The molecule has 6 aromatic rings. The zero-order chi connectivity index (χ0) is 20.9. The number of hydrogen-bond acceptors (Lipinski definition) is 1. The first-order valence-electron chi connectivity index (χ1n) is 10.9. The maximum atomic E-state index is 6.54. The molecule has 0 aliphatic rings. The van der Waals surface area contributed by atoms with Crippen LogP contribution in [0, 0.1) is 6.92 Å². The molecule has 3 aromatic carbocycles. The summed E-state index contributed by atoms with van der Waals surface area (Å²) in [7, 11) is 0. The Kier molecular flexibility index (Phi) is 3.31. The molecular weight excluding hydrogens is 366 g/mol. The summed E-state index contributed by atoms with van der Waals surface area (Å²) >= 11 is 0. The number of hydrogen-bond donors (Lipinski definition) is 0. The lowest BCUT2D eigenvalue weighted by Crippen LogP contribution is -2.10. The molecule has 0 aliphatic carbocycles. The normalized spacial score (nSPS) is 13.3. The number of rotatable bonds is 1. The lowest BCUT2D eigenvalue weighted by molar-refractivity contribution is 0.590. The molecule has 0 N–H and O–H groups in total. The molecule has 0 unspecified atom stereocenters. The Bertz CT molecular complexity index is 1600. The van der Waals surface area contributed by atoms with Crippen molar-refractivity contribution < 1.29 is 4.42 Å². The summed E-state index contributed by atoms with van der Waals surface area (Å²) in [6.45, 7) is 13.7. The van der Waals surface area contributed by atoms with Crippen molar-refractivity contribution in [1.82, 2.24) is 4.40 Å². The fourth-order valence-corrected chi connectivity index (χ4v) is 5.38. The van der Waals surface area contributed by atoms with Gasteiger partial charge in [0.05, 0.1) is 16.4 Å². The maximum Gasteiger partial charge on any atom is 0.145 e. The van der Waals surface area contributed by atoms with Crippen molar-refractivity contribution in [1.29, 1.82) is 0 Å². The van der Waals surface area contributed by atoms with Crippen LogP contribution in [0.15, 0.2) is 52.9 Å². The maximum absolute atomic E-state index is 6.54. The van der Waals surface area contributed by atoms with Crippen molar-refractivity contribution in [3.63, 3.8) is 0 Å². The highest BCUT2D eigenvalue weighted by Crippen LogP contribution is 2.46. The first-order chi connectivity index (χ1) is 14.3. The standard InChI is InChI=1S/C28H27NO/c1-15(2)25-16(3)19-14-21-20-13-17(28(4,5)6)11-12-23(20)30-27(21)24-18-9-7-8-10-22(18)29(25)26(19)24/h7-15H,1-6H3. The topological polar surface area (TPSA) is 17.6 Å².